The van der Waals surface area contributed by atoms with Crippen molar-refractivity contribution in [3.05, 3.63) is 47.6 Å². The SMILES string of the molecule is CCC.Clc1cncc(NCc2cccnc2)n1. The topological polar surface area (TPSA) is 50.7 Å². The lowest BCUT2D eigenvalue weighted by molar-refractivity contribution is 1.07. The van der Waals surface area contributed by atoms with E-state index >= 15 is 0 Å². The molecule has 96 valence electrons. The van der Waals surface area contributed by atoms with Gasteiger partial charge in [0.05, 0.1) is 12.4 Å². The Hall–Kier alpha value is -1.68. The quantitative estimate of drug-likeness (QED) is 0.921. The molecule has 0 radical (unpaired) electrons. The number of rotatable bonds is 3. The predicted octanol–water partition coefficient (Wildman–Crippen LogP) is 3.55. The summed E-state index contributed by atoms with van der Waals surface area (Å²) in [5.74, 6) is 0.659. The number of pyridine rings is 1. The molecule has 0 amide bonds. The molecule has 4 nitrogen and oxygen atoms in total. The summed E-state index contributed by atoms with van der Waals surface area (Å²) in [5.41, 5.74) is 1.08. The molecule has 1 N–H and O–H groups in total. The van der Waals surface area contributed by atoms with E-state index in [9.17, 15) is 0 Å². The van der Waals surface area contributed by atoms with Gasteiger partial charge in [-0.2, -0.15) is 0 Å². The van der Waals surface area contributed by atoms with Crippen LogP contribution in [0.1, 0.15) is 25.8 Å². The molecule has 2 aromatic rings. The second kappa shape index (κ2) is 8.42. The van der Waals surface area contributed by atoms with Gasteiger partial charge in [0.2, 0.25) is 0 Å². The summed E-state index contributed by atoms with van der Waals surface area (Å²) >= 11 is 5.70. The molecule has 0 unspecified atom stereocenters. The molecule has 0 bridgehead atoms. The number of halogens is 1. The molecule has 0 aromatic carbocycles. The maximum atomic E-state index is 5.70. The average molecular weight is 265 g/mol. The van der Waals surface area contributed by atoms with Crippen molar-refractivity contribution in [1.82, 2.24) is 15.0 Å². The first kappa shape index (κ1) is 14.4. The lowest BCUT2D eigenvalue weighted by Gasteiger charge is -2.04. The fourth-order valence-electron chi connectivity index (χ4n) is 1.12. The standard InChI is InChI=1S/C10H9ClN4.C3H8/c11-9-6-13-7-10(15-9)14-5-8-2-1-3-12-4-8;1-3-2/h1-4,6-7H,5H2,(H,14,15);3H2,1-2H3. The second-order valence-corrected chi connectivity index (χ2v) is 4.04. The van der Waals surface area contributed by atoms with Gasteiger partial charge < -0.3 is 5.32 Å². The Morgan fingerprint density at radius 2 is 1.94 bits per heavy atom. The monoisotopic (exact) mass is 264 g/mol. The zero-order chi connectivity index (χ0) is 13.2. The summed E-state index contributed by atoms with van der Waals surface area (Å²) in [6, 6.07) is 3.87. The highest BCUT2D eigenvalue weighted by molar-refractivity contribution is 6.29. The minimum absolute atomic E-state index is 0.381. The minimum Gasteiger partial charge on any atom is -0.365 e. The van der Waals surface area contributed by atoms with Crippen LogP contribution in [0, 0.1) is 0 Å². The Bertz CT molecular complexity index is 448. The second-order valence-electron chi connectivity index (χ2n) is 3.65. The number of nitrogens with one attached hydrogen (secondary N) is 1. The van der Waals surface area contributed by atoms with E-state index in [1.165, 1.54) is 12.6 Å². The molecule has 2 aromatic heterocycles. The summed E-state index contributed by atoms with van der Waals surface area (Å²) in [6.07, 6.45) is 7.91. The van der Waals surface area contributed by atoms with Crippen LogP contribution < -0.4 is 5.32 Å². The van der Waals surface area contributed by atoms with Crippen LogP contribution in [-0.2, 0) is 6.54 Å². The lowest BCUT2D eigenvalue weighted by atomic mass is 10.3. The fourth-order valence-corrected chi connectivity index (χ4v) is 1.27. The van der Waals surface area contributed by atoms with Gasteiger partial charge in [0, 0.05) is 18.9 Å². The Labute approximate surface area is 112 Å². The van der Waals surface area contributed by atoms with E-state index in [0.29, 0.717) is 17.5 Å². The molecule has 0 saturated heterocycles. The van der Waals surface area contributed by atoms with E-state index in [1.807, 2.05) is 12.1 Å². The molecule has 0 fully saturated rings. The molecular formula is C13H17ClN4. The highest BCUT2D eigenvalue weighted by atomic mass is 35.5. The predicted molar refractivity (Wildman–Crippen MR) is 74.6 cm³/mol. The molecule has 2 rings (SSSR count). The third kappa shape index (κ3) is 5.59. The number of aromatic nitrogens is 3. The van der Waals surface area contributed by atoms with E-state index < -0.39 is 0 Å². The molecule has 2 heterocycles. The summed E-state index contributed by atoms with van der Waals surface area (Å²) in [4.78, 5) is 12.0. The number of anilines is 1. The summed E-state index contributed by atoms with van der Waals surface area (Å²) in [7, 11) is 0. The van der Waals surface area contributed by atoms with Gasteiger partial charge in [-0.1, -0.05) is 37.9 Å². The zero-order valence-corrected chi connectivity index (χ0v) is 11.4. The lowest BCUT2D eigenvalue weighted by Crippen LogP contribution is -2.01. The van der Waals surface area contributed by atoms with Gasteiger partial charge in [0.25, 0.3) is 0 Å². The van der Waals surface area contributed by atoms with Crippen LogP contribution in [0.3, 0.4) is 0 Å². The van der Waals surface area contributed by atoms with Gasteiger partial charge >= 0.3 is 0 Å². The first-order valence-electron chi connectivity index (χ1n) is 5.86. The average Bonchev–Trinajstić information content (AvgIpc) is 2.39. The van der Waals surface area contributed by atoms with Crippen LogP contribution in [0.5, 0.6) is 0 Å². The van der Waals surface area contributed by atoms with Crippen molar-refractivity contribution < 1.29 is 0 Å². The maximum absolute atomic E-state index is 5.70. The maximum Gasteiger partial charge on any atom is 0.149 e. The van der Waals surface area contributed by atoms with Gasteiger partial charge in [-0.05, 0) is 11.6 Å². The van der Waals surface area contributed by atoms with Crippen molar-refractivity contribution in [3.8, 4) is 0 Å². The Balaban J connectivity index is 0.000000492. The molecule has 5 heteroatoms. The molecule has 0 aliphatic rings. The van der Waals surface area contributed by atoms with Crippen molar-refractivity contribution >= 4 is 17.4 Å². The van der Waals surface area contributed by atoms with E-state index in [1.54, 1.807) is 18.6 Å². The highest BCUT2D eigenvalue weighted by Gasteiger charge is 1.96. The smallest absolute Gasteiger partial charge is 0.149 e. The molecular weight excluding hydrogens is 248 g/mol. The van der Waals surface area contributed by atoms with Crippen LogP contribution in [0.2, 0.25) is 5.15 Å². The number of hydrogen-bond acceptors (Lipinski definition) is 4. The third-order valence-corrected chi connectivity index (χ3v) is 1.98. The van der Waals surface area contributed by atoms with E-state index in [0.717, 1.165) is 5.56 Å². The van der Waals surface area contributed by atoms with Crippen molar-refractivity contribution in [3.63, 3.8) is 0 Å². The van der Waals surface area contributed by atoms with E-state index in [2.05, 4.69) is 34.1 Å². The van der Waals surface area contributed by atoms with E-state index in [4.69, 9.17) is 11.6 Å². The first-order chi connectivity index (χ1) is 8.76. The first-order valence-corrected chi connectivity index (χ1v) is 6.24. The summed E-state index contributed by atoms with van der Waals surface area (Å²) < 4.78 is 0. The molecule has 0 aliphatic heterocycles. The fraction of sp³-hybridized carbons (Fsp3) is 0.308. The molecule has 18 heavy (non-hydrogen) atoms. The molecule has 0 aliphatic carbocycles. The number of nitrogens with zero attached hydrogens (tertiary/aromatic N) is 3. The molecule has 0 spiro atoms. The Morgan fingerprint density at radius 1 is 1.17 bits per heavy atom. The third-order valence-electron chi connectivity index (χ3n) is 1.80. The minimum atomic E-state index is 0.381. The Kier molecular flexibility index (Phi) is 6.72. The van der Waals surface area contributed by atoms with Gasteiger partial charge in [-0.25, -0.2) is 4.98 Å². The van der Waals surface area contributed by atoms with Crippen LogP contribution in [0.4, 0.5) is 5.82 Å². The van der Waals surface area contributed by atoms with Crippen LogP contribution in [0.15, 0.2) is 36.9 Å². The highest BCUT2D eigenvalue weighted by Crippen LogP contribution is 2.08. The summed E-state index contributed by atoms with van der Waals surface area (Å²) in [6.45, 7) is 4.91. The van der Waals surface area contributed by atoms with Crippen molar-refractivity contribution in [2.45, 2.75) is 26.8 Å². The van der Waals surface area contributed by atoms with Crippen molar-refractivity contribution in [2.75, 3.05) is 5.32 Å². The zero-order valence-electron chi connectivity index (χ0n) is 10.6. The van der Waals surface area contributed by atoms with Crippen molar-refractivity contribution in [1.29, 1.82) is 0 Å². The Morgan fingerprint density at radius 3 is 2.56 bits per heavy atom. The largest absolute Gasteiger partial charge is 0.365 e. The van der Waals surface area contributed by atoms with Gasteiger partial charge in [0.15, 0.2) is 0 Å². The number of hydrogen-bond donors (Lipinski definition) is 1. The van der Waals surface area contributed by atoms with Crippen LogP contribution in [-0.4, -0.2) is 15.0 Å². The van der Waals surface area contributed by atoms with Gasteiger partial charge in [-0.3, -0.25) is 9.97 Å². The normalized spacial score (nSPS) is 9.28. The van der Waals surface area contributed by atoms with E-state index in [-0.39, 0.29) is 0 Å². The van der Waals surface area contributed by atoms with Gasteiger partial charge in [-0.15, -0.1) is 0 Å². The van der Waals surface area contributed by atoms with Crippen molar-refractivity contribution in [2.24, 2.45) is 0 Å². The summed E-state index contributed by atoms with van der Waals surface area (Å²) in [5, 5.41) is 3.48. The van der Waals surface area contributed by atoms with Crippen LogP contribution >= 0.6 is 11.6 Å². The van der Waals surface area contributed by atoms with Gasteiger partial charge in [0.1, 0.15) is 11.0 Å². The molecule has 0 atom stereocenters. The molecule has 0 saturated carbocycles. The van der Waals surface area contributed by atoms with Crippen LogP contribution in [0.25, 0.3) is 0 Å².